The van der Waals surface area contributed by atoms with Crippen molar-refractivity contribution in [2.45, 2.75) is 24.5 Å². The number of rotatable bonds is 7. The molecule has 0 unspecified atom stereocenters. The zero-order valence-electron chi connectivity index (χ0n) is 19.4. The van der Waals surface area contributed by atoms with E-state index in [1.54, 1.807) is 46.1 Å². The van der Waals surface area contributed by atoms with Crippen molar-refractivity contribution in [3.05, 3.63) is 59.4 Å². The number of hydrogen-bond donors (Lipinski definition) is 1. The van der Waals surface area contributed by atoms with Crippen LogP contribution in [-0.2, 0) is 34.5 Å². The molecule has 0 saturated carbocycles. The number of hydrogen-bond acceptors (Lipinski definition) is 8. The summed E-state index contributed by atoms with van der Waals surface area (Å²) in [4.78, 5) is 13.4. The average Bonchev–Trinajstić information content (AvgIpc) is 3.59. The molecule has 3 heterocycles. The maximum Gasteiger partial charge on any atom is 0.298 e. The molecule has 11 nitrogen and oxygen atoms in total. The lowest BCUT2D eigenvalue weighted by Crippen LogP contribution is -2.24. The number of ether oxygens (including phenoxy) is 2. The second-order valence-electron chi connectivity index (χ2n) is 8.04. The summed E-state index contributed by atoms with van der Waals surface area (Å²) in [6, 6.07) is 9.74. The summed E-state index contributed by atoms with van der Waals surface area (Å²) in [5, 5.41) is 8.73. The molecule has 0 spiro atoms. The minimum absolute atomic E-state index is 0.0114. The molecule has 36 heavy (non-hydrogen) atoms. The van der Waals surface area contributed by atoms with E-state index in [-0.39, 0.29) is 22.4 Å². The van der Waals surface area contributed by atoms with Gasteiger partial charge in [-0.2, -0.15) is 5.10 Å². The summed E-state index contributed by atoms with van der Waals surface area (Å²) in [6.07, 6.45) is 6.96. The SMILES string of the molecule is C#CC(=O)N1Cc2cnn(Cc3cc(OC)c4c(NS(=O)(=O)c5ccccc5OC)noc4c3)c2C1. The Morgan fingerprint density at radius 3 is 2.72 bits per heavy atom. The van der Waals surface area contributed by atoms with Crippen LogP contribution in [0.3, 0.4) is 0 Å². The lowest BCUT2D eigenvalue weighted by molar-refractivity contribution is -0.125. The molecular formula is C24H21N5O6S. The molecule has 2 aromatic heterocycles. The quantitative estimate of drug-likeness (QED) is 0.378. The number of nitrogens with one attached hydrogen (secondary N) is 1. The van der Waals surface area contributed by atoms with E-state index >= 15 is 0 Å². The van der Waals surface area contributed by atoms with E-state index in [4.69, 9.17) is 20.4 Å². The van der Waals surface area contributed by atoms with Crippen molar-refractivity contribution in [3.8, 4) is 23.8 Å². The van der Waals surface area contributed by atoms with Gasteiger partial charge in [0.15, 0.2) is 11.4 Å². The van der Waals surface area contributed by atoms with Gasteiger partial charge in [-0.25, -0.2) is 8.42 Å². The molecule has 4 aromatic rings. The van der Waals surface area contributed by atoms with Crippen LogP contribution in [0.1, 0.15) is 16.8 Å². The Kier molecular flexibility index (Phi) is 5.77. The molecule has 2 aromatic carbocycles. The fraction of sp³-hybridized carbons (Fsp3) is 0.208. The number of methoxy groups -OCH3 is 2. The van der Waals surface area contributed by atoms with Gasteiger partial charge in [0.2, 0.25) is 0 Å². The normalized spacial score (nSPS) is 12.9. The van der Waals surface area contributed by atoms with Crippen LogP contribution in [0.25, 0.3) is 11.0 Å². The standard InChI is InChI=1S/C24H21N5O6S/c1-4-22(30)28-13-16-11-25-29(17(16)14-28)12-15-9-19(34-3)23-20(10-15)35-26-24(23)27-36(31,32)21-8-6-5-7-18(21)33-2/h1,5-11H,12-14H2,2-3H3,(H,26,27). The van der Waals surface area contributed by atoms with Crippen LogP contribution in [0.2, 0.25) is 0 Å². The lowest BCUT2D eigenvalue weighted by atomic mass is 10.1. The van der Waals surface area contributed by atoms with E-state index in [1.807, 2.05) is 0 Å². The van der Waals surface area contributed by atoms with Gasteiger partial charge in [0.05, 0.1) is 45.7 Å². The van der Waals surface area contributed by atoms with Crippen LogP contribution in [0.5, 0.6) is 11.5 Å². The fourth-order valence-electron chi connectivity index (χ4n) is 4.19. The van der Waals surface area contributed by atoms with Gasteiger partial charge >= 0.3 is 0 Å². The number of anilines is 1. The third-order valence-corrected chi connectivity index (χ3v) is 7.27. The van der Waals surface area contributed by atoms with E-state index in [0.717, 1.165) is 16.8 Å². The number of benzene rings is 2. The topological polar surface area (TPSA) is 129 Å². The first-order valence-corrected chi connectivity index (χ1v) is 12.2. The second-order valence-corrected chi connectivity index (χ2v) is 9.69. The van der Waals surface area contributed by atoms with Gasteiger partial charge in [-0.1, -0.05) is 17.3 Å². The predicted molar refractivity (Wildman–Crippen MR) is 129 cm³/mol. The van der Waals surface area contributed by atoms with E-state index < -0.39 is 10.0 Å². The van der Waals surface area contributed by atoms with Crippen molar-refractivity contribution >= 4 is 32.7 Å². The van der Waals surface area contributed by atoms with Gasteiger partial charge in [-0.15, -0.1) is 6.42 Å². The van der Waals surface area contributed by atoms with E-state index in [1.165, 1.54) is 20.3 Å². The van der Waals surface area contributed by atoms with Crippen molar-refractivity contribution in [2.24, 2.45) is 0 Å². The number of sulfonamides is 1. The molecule has 0 bridgehead atoms. The van der Waals surface area contributed by atoms with Crippen LogP contribution in [0.15, 0.2) is 52.0 Å². The van der Waals surface area contributed by atoms with Crippen molar-refractivity contribution in [1.82, 2.24) is 19.8 Å². The Morgan fingerprint density at radius 2 is 1.97 bits per heavy atom. The van der Waals surface area contributed by atoms with E-state index in [9.17, 15) is 13.2 Å². The van der Waals surface area contributed by atoms with E-state index in [2.05, 4.69) is 20.9 Å². The van der Waals surface area contributed by atoms with Gasteiger partial charge in [0, 0.05) is 5.56 Å². The molecule has 1 N–H and O–H groups in total. The summed E-state index contributed by atoms with van der Waals surface area (Å²) in [5.74, 6) is 2.32. The Morgan fingerprint density at radius 1 is 1.19 bits per heavy atom. The van der Waals surface area contributed by atoms with Gasteiger partial charge in [0.1, 0.15) is 21.8 Å². The number of carbonyl (C=O) groups excluding carboxylic acids is 1. The third-order valence-electron chi connectivity index (χ3n) is 5.89. The van der Waals surface area contributed by atoms with E-state index in [0.29, 0.717) is 36.4 Å². The minimum Gasteiger partial charge on any atom is -0.496 e. The van der Waals surface area contributed by atoms with Crippen LogP contribution >= 0.6 is 0 Å². The van der Waals surface area contributed by atoms with Gasteiger partial charge in [-0.05, 0) is 35.7 Å². The Bertz CT molecular complexity index is 1630. The van der Waals surface area contributed by atoms with Crippen LogP contribution in [-0.4, -0.2) is 48.4 Å². The first-order valence-electron chi connectivity index (χ1n) is 10.8. The summed E-state index contributed by atoms with van der Waals surface area (Å²) < 4.78 is 46.5. The highest BCUT2D eigenvalue weighted by atomic mass is 32.2. The largest absolute Gasteiger partial charge is 0.496 e. The Balaban J connectivity index is 1.45. The monoisotopic (exact) mass is 507 g/mol. The molecular weight excluding hydrogens is 486 g/mol. The molecule has 0 aliphatic carbocycles. The summed E-state index contributed by atoms with van der Waals surface area (Å²) in [5.41, 5.74) is 2.93. The maximum atomic E-state index is 13.0. The molecule has 12 heteroatoms. The summed E-state index contributed by atoms with van der Waals surface area (Å²) >= 11 is 0. The molecule has 5 rings (SSSR count). The average molecular weight is 508 g/mol. The number of amides is 1. The van der Waals surface area contributed by atoms with Gasteiger partial charge in [0.25, 0.3) is 15.9 Å². The number of carbonyl (C=O) groups is 1. The predicted octanol–water partition coefficient (Wildman–Crippen LogP) is 2.37. The number of para-hydroxylation sites is 1. The lowest BCUT2D eigenvalue weighted by Gasteiger charge is -2.13. The number of fused-ring (bicyclic) bond motifs is 2. The van der Waals surface area contributed by atoms with Crippen LogP contribution in [0, 0.1) is 12.3 Å². The molecule has 0 atom stereocenters. The first kappa shape index (κ1) is 23.3. The summed E-state index contributed by atoms with van der Waals surface area (Å²) in [7, 11) is -1.16. The molecule has 0 radical (unpaired) electrons. The fourth-order valence-corrected chi connectivity index (χ4v) is 5.36. The zero-order chi connectivity index (χ0) is 25.4. The highest BCUT2D eigenvalue weighted by Gasteiger charge is 2.27. The highest BCUT2D eigenvalue weighted by molar-refractivity contribution is 7.92. The third kappa shape index (κ3) is 3.99. The van der Waals surface area contributed by atoms with Gasteiger partial charge < -0.3 is 18.9 Å². The molecule has 1 aliphatic rings. The first-order chi connectivity index (χ1) is 17.3. The van der Waals surface area contributed by atoms with Crippen molar-refractivity contribution in [3.63, 3.8) is 0 Å². The Hall–Kier alpha value is -4.50. The van der Waals surface area contributed by atoms with Crippen molar-refractivity contribution < 1.29 is 27.2 Å². The number of terminal acetylenes is 1. The second kappa shape index (κ2) is 8.94. The molecule has 0 fully saturated rings. The number of nitrogens with zero attached hydrogens (tertiary/aromatic N) is 4. The van der Waals surface area contributed by atoms with Crippen molar-refractivity contribution in [2.75, 3.05) is 18.9 Å². The number of aromatic nitrogens is 3. The Labute approximate surface area is 206 Å². The smallest absolute Gasteiger partial charge is 0.298 e. The maximum absolute atomic E-state index is 13.0. The van der Waals surface area contributed by atoms with Gasteiger partial charge in [-0.3, -0.25) is 14.2 Å². The van der Waals surface area contributed by atoms with Crippen LogP contribution < -0.4 is 14.2 Å². The highest BCUT2D eigenvalue weighted by Crippen LogP contribution is 2.36. The summed E-state index contributed by atoms with van der Waals surface area (Å²) in [6.45, 7) is 1.15. The van der Waals surface area contributed by atoms with Crippen LogP contribution in [0.4, 0.5) is 5.82 Å². The molecule has 0 saturated heterocycles. The molecule has 184 valence electrons. The zero-order valence-corrected chi connectivity index (χ0v) is 20.2. The van der Waals surface area contributed by atoms with Crippen molar-refractivity contribution in [1.29, 1.82) is 0 Å². The molecule has 1 aliphatic heterocycles. The minimum atomic E-state index is -4.03. The molecule has 1 amide bonds.